The smallest absolute Gasteiger partial charge is 0.275 e. The van der Waals surface area contributed by atoms with E-state index >= 15 is 0 Å². The summed E-state index contributed by atoms with van der Waals surface area (Å²) in [5, 5.41) is 5.40. The molecule has 0 bridgehead atoms. The number of nitrogens with zero attached hydrogens (tertiary/aromatic N) is 1. The summed E-state index contributed by atoms with van der Waals surface area (Å²) in [6.07, 6.45) is 0. The highest BCUT2D eigenvalue weighted by atomic mass is 32.1. The molecule has 1 amide bonds. The standard InChI is InChI=1S/C20H20N2O2S/c1-14(2)12-24-18-11-7-6-10-16(18)20-22-17(13-25-20)19(23)21-15-8-4-3-5-9-15/h3-11,13-14H,12H2,1-2H3,(H,21,23). The summed E-state index contributed by atoms with van der Waals surface area (Å²) in [4.78, 5) is 16.9. The summed E-state index contributed by atoms with van der Waals surface area (Å²) in [7, 11) is 0. The number of amides is 1. The van der Waals surface area contributed by atoms with E-state index in [9.17, 15) is 4.79 Å². The van der Waals surface area contributed by atoms with Crippen molar-refractivity contribution in [3.63, 3.8) is 0 Å². The highest BCUT2D eigenvalue weighted by molar-refractivity contribution is 7.13. The van der Waals surface area contributed by atoms with Gasteiger partial charge >= 0.3 is 0 Å². The lowest BCUT2D eigenvalue weighted by Crippen LogP contribution is -2.12. The Morgan fingerprint density at radius 1 is 1.12 bits per heavy atom. The minimum atomic E-state index is -0.214. The Morgan fingerprint density at radius 2 is 1.84 bits per heavy atom. The second-order valence-corrected chi connectivity index (χ2v) is 6.92. The van der Waals surface area contributed by atoms with Gasteiger partial charge in [-0.05, 0) is 30.2 Å². The molecule has 3 rings (SSSR count). The zero-order chi connectivity index (χ0) is 17.6. The van der Waals surface area contributed by atoms with E-state index in [1.807, 2.05) is 54.6 Å². The molecule has 2 aromatic carbocycles. The number of para-hydroxylation sites is 2. The van der Waals surface area contributed by atoms with Crippen molar-refractivity contribution in [2.24, 2.45) is 5.92 Å². The van der Waals surface area contributed by atoms with Crippen LogP contribution in [0.2, 0.25) is 0 Å². The van der Waals surface area contributed by atoms with Crippen LogP contribution in [0.15, 0.2) is 60.0 Å². The van der Waals surface area contributed by atoms with Crippen LogP contribution >= 0.6 is 11.3 Å². The molecule has 0 fully saturated rings. The van der Waals surface area contributed by atoms with Crippen molar-refractivity contribution < 1.29 is 9.53 Å². The minimum Gasteiger partial charge on any atom is -0.493 e. The first-order valence-electron chi connectivity index (χ1n) is 8.17. The van der Waals surface area contributed by atoms with Gasteiger partial charge in [0.2, 0.25) is 0 Å². The zero-order valence-corrected chi connectivity index (χ0v) is 15.0. The number of nitrogens with one attached hydrogen (secondary N) is 1. The Bertz CT molecular complexity index is 844. The van der Waals surface area contributed by atoms with Crippen LogP contribution in [-0.2, 0) is 0 Å². The van der Waals surface area contributed by atoms with Gasteiger partial charge in [-0.15, -0.1) is 11.3 Å². The molecule has 3 aromatic rings. The van der Waals surface area contributed by atoms with Gasteiger partial charge in [-0.25, -0.2) is 4.98 Å². The fourth-order valence-corrected chi connectivity index (χ4v) is 3.07. The molecule has 0 aliphatic carbocycles. The molecule has 0 unspecified atom stereocenters. The zero-order valence-electron chi connectivity index (χ0n) is 14.2. The predicted octanol–water partition coefficient (Wildman–Crippen LogP) is 5.10. The molecule has 0 radical (unpaired) electrons. The highest BCUT2D eigenvalue weighted by Gasteiger charge is 2.15. The van der Waals surface area contributed by atoms with E-state index in [1.54, 1.807) is 5.38 Å². The van der Waals surface area contributed by atoms with Crippen molar-refractivity contribution in [3.05, 3.63) is 65.7 Å². The number of benzene rings is 2. The van der Waals surface area contributed by atoms with E-state index in [0.29, 0.717) is 18.2 Å². The largest absolute Gasteiger partial charge is 0.493 e. The van der Waals surface area contributed by atoms with Gasteiger partial charge in [0.1, 0.15) is 16.5 Å². The molecule has 0 atom stereocenters. The first-order valence-corrected chi connectivity index (χ1v) is 9.05. The van der Waals surface area contributed by atoms with Gasteiger partial charge in [-0.3, -0.25) is 4.79 Å². The van der Waals surface area contributed by atoms with Gasteiger partial charge in [0.15, 0.2) is 0 Å². The average Bonchev–Trinajstić information content (AvgIpc) is 3.11. The van der Waals surface area contributed by atoms with Crippen molar-refractivity contribution in [3.8, 4) is 16.3 Å². The third-order valence-corrected chi connectivity index (χ3v) is 4.33. The van der Waals surface area contributed by atoms with Crippen LogP contribution in [0.4, 0.5) is 5.69 Å². The van der Waals surface area contributed by atoms with Gasteiger partial charge in [0.25, 0.3) is 5.91 Å². The Balaban J connectivity index is 1.78. The third-order valence-electron chi connectivity index (χ3n) is 3.46. The topological polar surface area (TPSA) is 51.2 Å². The average molecular weight is 352 g/mol. The lowest BCUT2D eigenvalue weighted by molar-refractivity contribution is 0.102. The number of hydrogen-bond acceptors (Lipinski definition) is 4. The normalized spacial score (nSPS) is 10.7. The number of rotatable bonds is 6. The number of anilines is 1. The molecule has 0 aliphatic rings. The molecule has 1 N–H and O–H groups in total. The molecular formula is C20H20N2O2S. The van der Waals surface area contributed by atoms with Crippen molar-refractivity contribution in [2.45, 2.75) is 13.8 Å². The molecule has 0 spiro atoms. The van der Waals surface area contributed by atoms with Crippen LogP contribution in [0.1, 0.15) is 24.3 Å². The fraction of sp³-hybridized carbons (Fsp3) is 0.200. The van der Waals surface area contributed by atoms with E-state index in [0.717, 1.165) is 22.0 Å². The second kappa shape index (κ2) is 7.94. The Labute approximate surface area is 151 Å². The van der Waals surface area contributed by atoms with Crippen LogP contribution in [0.3, 0.4) is 0 Å². The molecule has 1 heterocycles. The summed E-state index contributed by atoms with van der Waals surface area (Å²) >= 11 is 1.44. The van der Waals surface area contributed by atoms with Crippen molar-refractivity contribution >= 4 is 22.9 Å². The fourth-order valence-electron chi connectivity index (χ4n) is 2.24. The molecule has 0 saturated heterocycles. The van der Waals surface area contributed by atoms with Gasteiger partial charge in [-0.2, -0.15) is 0 Å². The number of ether oxygens (including phenoxy) is 1. The number of carbonyl (C=O) groups is 1. The van der Waals surface area contributed by atoms with E-state index in [-0.39, 0.29) is 5.91 Å². The van der Waals surface area contributed by atoms with E-state index < -0.39 is 0 Å². The van der Waals surface area contributed by atoms with Gasteiger partial charge in [-0.1, -0.05) is 44.2 Å². The maximum Gasteiger partial charge on any atom is 0.275 e. The number of aromatic nitrogens is 1. The first kappa shape index (κ1) is 17.2. The third kappa shape index (κ3) is 4.45. The predicted molar refractivity (Wildman–Crippen MR) is 102 cm³/mol. The van der Waals surface area contributed by atoms with Gasteiger partial charge < -0.3 is 10.1 Å². The van der Waals surface area contributed by atoms with E-state index in [2.05, 4.69) is 24.1 Å². The Morgan fingerprint density at radius 3 is 2.60 bits per heavy atom. The highest BCUT2D eigenvalue weighted by Crippen LogP contribution is 2.32. The van der Waals surface area contributed by atoms with Crippen LogP contribution in [0.5, 0.6) is 5.75 Å². The Kier molecular flexibility index (Phi) is 5.46. The van der Waals surface area contributed by atoms with E-state index in [4.69, 9.17) is 4.74 Å². The monoisotopic (exact) mass is 352 g/mol. The van der Waals surface area contributed by atoms with Crippen LogP contribution < -0.4 is 10.1 Å². The first-order chi connectivity index (χ1) is 12.1. The second-order valence-electron chi connectivity index (χ2n) is 6.06. The maximum atomic E-state index is 12.4. The molecule has 25 heavy (non-hydrogen) atoms. The molecule has 5 heteroatoms. The lowest BCUT2D eigenvalue weighted by atomic mass is 10.2. The summed E-state index contributed by atoms with van der Waals surface area (Å²) in [5.74, 6) is 1.02. The van der Waals surface area contributed by atoms with Crippen LogP contribution in [0.25, 0.3) is 10.6 Å². The SMILES string of the molecule is CC(C)COc1ccccc1-c1nc(C(=O)Nc2ccccc2)cs1. The van der Waals surface area contributed by atoms with Gasteiger partial charge in [0.05, 0.1) is 12.2 Å². The molecule has 1 aromatic heterocycles. The van der Waals surface area contributed by atoms with E-state index in [1.165, 1.54) is 11.3 Å². The van der Waals surface area contributed by atoms with Crippen LogP contribution in [-0.4, -0.2) is 17.5 Å². The number of carbonyl (C=O) groups excluding carboxylic acids is 1. The quantitative estimate of drug-likeness (QED) is 0.672. The summed E-state index contributed by atoms with van der Waals surface area (Å²) < 4.78 is 5.88. The Hall–Kier alpha value is -2.66. The minimum absolute atomic E-state index is 0.214. The van der Waals surface area contributed by atoms with Crippen molar-refractivity contribution in [2.75, 3.05) is 11.9 Å². The lowest BCUT2D eigenvalue weighted by Gasteiger charge is -2.11. The number of hydrogen-bond donors (Lipinski definition) is 1. The molecule has 4 nitrogen and oxygen atoms in total. The summed E-state index contributed by atoms with van der Waals surface area (Å²) in [6, 6.07) is 17.1. The van der Waals surface area contributed by atoms with Crippen molar-refractivity contribution in [1.82, 2.24) is 4.98 Å². The van der Waals surface area contributed by atoms with Crippen LogP contribution in [0, 0.1) is 5.92 Å². The maximum absolute atomic E-state index is 12.4. The van der Waals surface area contributed by atoms with Gasteiger partial charge in [0, 0.05) is 11.1 Å². The molecule has 128 valence electrons. The summed E-state index contributed by atoms with van der Waals surface area (Å²) in [5.41, 5.74) is 2.07. The molecule has 0 saturated carbocycles. The molecular weight excluding hydrogens is 332 g/mol. The molecule has 0 aliphatic heterocycles. The van der Waals surface area contributed by atoms with Crippen molar-refractivity contribution in [1.29, 1.82) is 0 Å². The number of thiazole rings is 1. The summed E-state index contributed by atoms with van der Waals surface area (Å²) in [6.45, 7) is 4.86.